The Kier molecular flexibility index (Phi) is 6.20. The first kappa shape index (κ1) is 19.5. The summed E-state index contributed by atoms with van der Waals surface area (Å²) in [6.45, 7) is 1.10. The van der Waals surface area contributed by atoms with Gasteiger partial charge in [0.05, 0.1) is 17.5 Å². The zero-order chi connectivity index (χ0) is 19.3. The highest BCUT2D eigenvalue weighted by Crippen LogP contribution is 2.33. The summed E-state index contributed by atoms with van der Waals surface area (Å²) >= 11 is 0. The van der Waals surface area contributed by atoms with Crippen molar-refractivity contribution in [3.05, 3.63) is 59.9 Å². The van der Waals surface area contributed by atoms with E-state index in [1.54, 1.807) is 29.4 Å². The quantitative estimate of drug-likeness (QED) is 0.732. The van der Waals surface area contributed by atoms with Gasteiger partial charge in [0.2, 0.25) is 10.0 Å². The topological polar surface area (TPSA) is 88.6 Å². The Morgan fingerprint density at radius 3 is 2.81 bits per heavy atom. The van der Waals surface area contributed by atoms with Gasteiger partial charge in [0.1, 0.15) is 0 Å². The number of aromatic nitrogens is 1. The van der Waals surface area contributed by atoms with Crippen LogP contribution < -0.4 is 4.72 Å². The Bertz CT molecular complexity index is 887. The number of benzene rings is 1. The molecule has 7 nitrogen and oxygen atoms in total. The molecule has 1 amide bonds. The largest absolute Gasteiger partial charge is 0.383 e. The fourth-order valence-corrected chi connectivity index (χ4v) is 4.32. The van der Waals surface area contributed by atoms with E-state index >= 15 is 0 Å². The predicted molar refractivity (Wildman–Crippen MR) is 101 cm³/mol. The summed E-state index contributed by atoms with van der Waals surface area (Å²) in [5, 5.41) is 0. The summed E-state index contributed by atoms with van der Waals surface area (Å²) in [5.41, 5.74) is 1.41. The smallest absolute Gasteiger partial charge is 0.254 e. The lowest BCUT2D eigenvalue weighted by molar-refractivity contribution is 0.0735. The Labute approximate surface area is 159 Å². The van der Waals surface area contributed by atoms with Crippen molar-refractivity contribution in [3.8, 4) is 0 Å². The van der Waals surface area contributed by atoms with Crippen molar-refractivity contribution in [3.63, 3.8) is 0 Å². The van der Waals surface area contributed by atoms with Crippen LogP contribution in [-0.4, -0.2) is 51.0 Å². The molecule has 0 bridgehead atoms. The van der Waals surface area contributed by atoms with Crippen LogP contribution in [0.5, 0.6) is 0 Å². The van der Waals surface area contributed by atoms with Crippen LogP contribution in [0.2, 0.25) is 0 Å². The van der Waals surface area contributed by atoms with Gasteiger partial charge in [-0.2, -0.15) is 0 Å². The number of nitrogens with zero attached hydrogens (tertiary/aromatic N) is 2. The second kappa shape index (κ2) is 8.60. The first-order valence-corrected chi connectivity index (χ1v) is 10.3. The van der Waals surface area contributed by atoms with Crippen LogP contribution >= 0.6 is 0 Å². The second-order valence-electron chi connectivity index (χ2n) is 6.36. The van der Waals surface area contributed by atoms with Crippen molar-refractivity contribution >= 4 is 15.9 Å². The number of pyridine rings is 1. The maximum Gasteiger partial charge on any atom is 0.254 e. The maximum atomic E-state index is 13.0. The third kappa shape index (κ3) is 4.52. The molecule has 27 heavy (non-hydrogen) atoms. The zero-order valence-electron chi connectivity index (χ0n) is 15.2. The summed E-state index contributed by atoms with van der Waals surface area (Å²) in [6.07, 6.45) is 5.23. The molecule has 3 rings (SSSR count). The van der Waals surface area contributed by atoms with E-state index in [0.717, 1.165) is 18.4 Å². The minimum absolute atomic E-state index is 0.0133. The van der Waals surface area contributed by atoms with E-state index in [2.05, 4.69) is 9.71 Å². The van der Waals surface area contributed by atoms with Gasteiger partial charge in [-0.15, -0.1) is 0 Å². The first-order chi connectivity index (χ1) is 13.0. The van der Waals surface area contributed by atoms with E-state index in [9.17, 15) is 13.2 Å². The Morgan fingerprint density at radius 1 is 1.30 bits per heavy atom. The molecule has 0 aliphatic carbocycles. The van der Waals surface area contributed by atoms with Crippen molar-refractivity contribution in [2.24, 2.45) is 0 Å². The second-order valence-corrected chi connectivity index (χ2v) is 8.12. The van der Waals surface area contributed by atoms with E-state index in [1.165, 1.54) is 19.2 Å². The van der Waals surface area contributed by atoms with Crippen molar-refractivity contribution in [1.29, 1.82) is 0 Å². The molecule has 2 aromatic rings. The van der Waals surface area contributed by atoms with Crippen LogP contribution in [0.1, 0.15) is 34.8 Å². The number of sulfonamides is 1. The number of hydrogen-bond acceptors (Lipinski definition) is 5. The number of carbonyl (C=O) groups is 1. The molecule has 1 atom stereocenters. The Hall–Kier alpha value is -2.29. The lowest BCUT2D eigenvalue weighted by Crippen LogP contribution is -2.31. The van der Waals surface area contributed by atoms with Crippen molar-refractivity contribution in [1.82, 2.24) is 14.6 Å². The average Bonchev–Trinajstić information content (AvgIpc) is 3.18. The molecule has 1 saturated heterocycles. The van der Waals surface area contributed by atoms with E-state index in [0.29, 0.717) is 12.1 Å². The molecule has 0 saturated carbocycles. The molecular formula is C19H23N3O4S. The van der Waals surface area contributed by atoms with Gasteiger partial charge >= 0.3 is 0 Å². The van der Waals surface area contributed by atoms with Gasteiger partial charge in [-0.05, 0) is 48.7 Å². The van der Waals surface area contributed by atoms with E-state index in [-0.39, 0.29) is 30.0 Å². The van der Waals surface area contributed by atoms with Gasteiger partial charge in [0.25, 0.3) is 5.91 Å². The highest BCUT2D eigenvalue weighted by atomic mass is 32.2. The minimum Gasteiger partial charge on any atom is -0.383 e. The van der Waals surface area contributed by atoms with Crippen LogP contribution in [0.25, 0.3) is 0 Å². The predicted octanol–water partition coefficient (Wildman–Crippen LogP) is 1.98. The van der Waals surface area contributed by atoms with Gasteiger partial charge in [-0.3, -0.25) is 9.78 Å². The SMILES string of the molecule is COCCNS(=O)(=O)c1cccc(C(=O)N2CCC[C@H]2c2ccncc2)c1. The minimum atomic E-state index is -3.69. The van der Waals surface area contributed by atoms with E-state index < -0.39 is 10.0 Å². The fourth-order valence-electron chi connectivity index (χ4n) is 3.27. The van der Waals surface area contributed by atoms with Crippen LogP contribution in [0.3, 0.4) is 0 Å². The molecular weight excluding hydrogens is 366 g/mol. The van der Waals surface area contributed by atoms with Crippen molar-refractivity contribution < 1.29 is 17.9 Å². The van der Waals surface area contributed by atoms with Gasteiger partial charge in [-0.1, -0.05) is 6.07 Å². The van der Waals surface area contributed by atoms with Gasteiger partial charge < -0.3 is 9.64 Å². The lowest BCUT2D eigenvalue weighted by Gasteiger charge is -2.25. The summed E-state index contributed by atoms with van der Waals surface area (Å²) in [4.78, 5) is 19.0. The first-order valence-electron chi connectivity index (χ1n) is 8.82. The molecule has 1 aromatic heterocycles. The van der Waals surface area contributed by atoms with E-state index in [1.807, 2.05) is 12.1 Å². The monoisotopic (exact) mass is 389 g/mol. The molecule has 1 fully saturated rings. The number of amides is 1. The third-order valence-corrected chi connectivity index (χ3v) is 6.05. The molecule has 1 aliphatic heterocycles. The highest BCUT2D eigenvalue weighted by Gasteiger charge is 2.31. The summed E-state index contributed by atoms with van der Waals surface area (Å²) in [6, 6.07) is 9.97. The summed E-state index contributed by atoms with van der Waals surface area (Å²) in [5.74, 6) is -0.164. The molecule has 1 aliphatic rings. The fraction of sp³-hybridized carbons (Fsp3) is 0.368. The maximum absolute atomic E-state index is 13.0. The lowest BCUT2D eigenvalue weighted by atomic mass is 10.1. The molecule has 8 heteroatoms. The molecule has 0 spiro atoms. The number of ether oxygens (including phenoxy) is 1. The molecule has 1 aromatic carbocycles. The van der Waals surface area contributed by atoms with Crippen LogP contribution in [0.15, 0.2) is 53.7 Å². The third-order valence-electron chi connectivity index (χ3n) is 4.59. The average molecular weight is 389 g/mol. The zero-order valence-corrected chi connectivity index (χ0v) is 16.0. The van der Waals surface area contributed by atoms with Gasteiger partial charge in [0, 0.05) is 38.2 Å². The van der Waals surface area contributed by atoms with Gasteiger partial charge in [-0.25, -0.2) is 13.1 Å². The molecule has 2 heterocycles. The molecule has 0 unspecified atom stereocenters. The van der Waals surface area contributed by atoms with Crippen molar-refractivity contribution in [2.45, 2.75) is 23.8 Å². The van der Waals surface area contributed by atoms with Crippen LogP contribution in [-0.2, 0) is 14.8 Å². The highest BCUT2D eigenvalue weighted by molar-refractivity contribution is 7.89. The Morgan fingerprint density at radius 2 is 2.07 bits per heavy atom. The molecule has 1 N–H and O–H groups in total. The standard InChI is InChI=1S/C19H23N3O4S/c1-26-13-11-21-27(24,25)17-5-2-4-16(14-17)19(23)22-12-3-6-18(22)15-7-9-20-10-8-15/h2,4-5,7-10,14,18,21H,3,6,11-13H2,1H3/t18-/m0/s1. The number of likely N-dealkylation sites (tertiary alicyclic amines) is 1. The number of methoxy groups -OCH3 is 1. The number of nitrogens with one attached hydrogen (secondary N) is 1. The summed E-state index contributed by atoms with van der Waals surface area (Å²) in [7, 11) is -2.18. The van der Waals surface area contributed by atoms with Gasteiger partial charge in [0.15, 0.2) is 0 Å². The molecule has 144 valence electrons. The normalized spacial score (nSPS) is 17.2. The number of carbonyl (C=O) groups excluding carboxylic acids is 1. The molecule has 0 radical (unpaired) electrons. The van der Waals surface area contributed by atoms with Crippen LogP contribution in [0.4, 0.5) is 0 Å². The summed E-state index contributed by atoms with van der Waals surface area (Å²) < 4.78 is 32.1. The van der Waals surface area contributed by atoms with Crippen LogP contribution in [0, 0.1) is 0 Å². The van der Waals surface area contributed by atoms with E-state index in [4.69, 9.17) is 4.74 Å². The van der Waals surface area contributed by atoms with Crippen molar-refractivity contribution in [2.75, 3.05) is 26.8 Å². The number of rotatable bonds is 7. The Balaban J connectivity index is 1.81. The number of hydrogen-bond donors (Lipinski definition) is 1.